The molecule has 2 N–H and O–H groups in total. The molecular weight excluding hydrogens is 248 g/mol. The van der Waals surface area contributed by atoms with E-state index in [1.165, 1.54) is 0 Å². The second-order valence-corrected chi connectivity index (χ2v) is 5.29. The number of amides is 2. The molecule has 0 saturated carbocycles. The van der Waals surface area contributed by atoms with Gasteiger partial charge in [-0.15, -0.1) is 0 Å². The van der Waals surface area contributed by atoms with Crippen LogP contribution in [0.3, 0.4) is 0 Å². The summed E-state index contributed by atoms with van der Waals surface area (Å²) in [5.74, 6) is -1.08. The molecule has 6 nitrogen and oxygen atoms in total. The average molecular weight is 272 g/mol. The summed E-state index contributed by atoms with van der Waals surface area (Å²) >= 11 is 0. The van der Waals surface area contributed by atoms with Crippen molar-refractivity contribution < 1.29 is 19.4 Å². The van der Waals surface area contributed by atoms with Crippen molar-refractivity contribution in [2.45, 2.75) is 32.7 Å². The first-order valence-electron chi connectivity index (χ1n) is 6.75. The highest BCUT2D eigenvalue weighted by Crippen LogP contribution is 2.21. The van der Waals surface area contributed by atoms with Gasteiger partial charge in [0.1, 0.15) is 0 Å². The van der Waals surface area contributed by atoms with Gasteiger partial charge in [0.2, 0.25) is 0 Å². The van der Waals surface area contributed by atoms with E-state index in [0.29, 0.717) is 19.6 Å². The number of nitrogens with zero attached hydrogens (tertiary/aromatic N) is 1. The standard InChI is InChI=1S/C13H24N2O4/c1-4-11(8-19-3)14-13(18)15-6-9(2)5-10(7-15)12(16)17/h9-11H,4-8H2,1-3H3,(H,14,18)(H,16,17). The van der Waals surface area contributed by atoms with Crippen molar-refractivity contribution >= 4 is 12.0 Å². The molecule has 0 aliphatic carbocycles. The number of carboxylic acid groups (broad SMARTS) is 1. The molecule has 1 aliphatic heterocycles. The average Bonchev–Trinajstić information content (AvgIpc) is 2.37. The Kier molecular flexibility index (Phi) is 6.08. The topological polar surface area (TPSA) is 78.9 Å². The maximum Gasteiger partial charge on any atom is 0.317 e. The quantitative estimate of drug-likeness (QED) is 0.787. The fourth-order valence-corrected chi connectivity index (χ4v) is 2.42. The molecule has 1 aliphatic rings. The Bertz CT molecular complexity index is 322. The maximum atomic E-state index is 12.1. The highest BCUT2D eigenvalue weighted by Gasteiger charge is 2.32. The number of urea groups is 1. The van der Waals surface area contributed by atoms with E-state index >= 15 is 0 Å². The van der Waals surface area contributed by atoms with E-state index in [1.54, 1.807) is 12.0 Å². The van der Waals surface area contributed by atoms with Gasteiger partial charge in [-0.25, -0.2) is 4.79 Å². The van der Waals surface area contributed by atoms with Crippen molar-refractivity contribution in [3.8, 4) is 0 Å². The van der Waals surface area contributed by atoms with Crippen LogP contribution in [0.1, 0.15) is 26.7 Å². The Balaban J connectivity index is 2.57. The maximum absolute atomic E-state index is 12.1. The SMILES string of the molecule is CCC(COC)NC(=O)N1CC(C)CC(C(=O)O)C1. The van der Waals surface area contributed by atoms with Gasteiger partial charge in [0, 0.05) is 20.2 Å². The molecule has 0 aromatic carbocycles. The lowest BCUT2D eigenvalue weighted by Crippen LogP contribution is -2.52. The van der Waals surface area contributed by atoms with Crippen molar-refractivity contribution in [3.63, 3.8) is 0 Å². The molecule has 0 aromatic heterocycles. The molecule has 19 heavy (non-hydrogen) atoms. The molecule has 3 atom stereocenters. The van der Waals surface area contributed by atoms with Crippen LogP contribution in [0.4, 0.5) is 4.79 Å². The predicted octanol–water partition coefficient (Wildman–Crippen LogP) is 1.16. The zero-order chi connectivity index (χ0) is 14.4. The van der Waals surface area contributed by atoms with Crippen LogP contribution in [0.5, 0.6) is 0 Å². The first-order chi connectivity index (χ1) is 8.97. The molecule has 0 bridgehead atoms. The van der Waals surface area contributed by atoms with E-state index in [1.807, 2.05) is 13.8 Å². The molecule has 2 amide bonds. The van der Waals surface area contributed by atoms with Crippen molar-refractivity contribution in [2.75, 3.05) is 26.8 Å². The molecule has 0 spiro atoms. The van der Waals surface area contributed by atoms with Crippen LogP contribution >= 0.6 is 0 Å². The molecule has 3 unspecified atom stereocenters. The predicted molar refractivity (Wildman–Crippen MR) is 71.0 cm³/mol. The van der Waals surface area contributed by atoms with Gasteiger partial charge in [0.25, 0.3) is 0 Å². The van der Waals surface area contributed by atoms with Gasteiger partial charge in [0.05, 0.1) is 18.6 Å². The second-order valence-electron chi connectivity index (χ2n) is 5.29. The first kappa shape index (κ1) is 15.8. The molecule has 1 rings (SSSR count). The Labute approximate surface area is 114 Å². The lowest BCUT2D eigenvalue weighted by molar-refractivity contribution is -0.143. The third kappa shape index (κ3) is 4.70. The number of methoxy groups -OCH3 is 1. The minimum atomic E-state index is -0.826. The number of piperidine rings is 1. The number of carbonyl (C=O) groups is 2. The van der Waals surface area contributed by atoms with Gasteiger partial charge in [0.15, 0.2) is 0 Å². The minimum absolute atomic E-state index is 0.0296. The molecule has 1 fully saturated rings. The van der Waals surface area contributed by atoms with Gasteiger partial charge in [-0.1, -0.05) is 13.8 Å². The first-order valence-corrected chi connectivity index (χ1v) is 6.75. The van der Waals surface area contributed by atoms with Crippen molar-refractivity contribution in [1.82, 2.24) is 10.2 Å². The van der Waals surface area contributed by atoms with Crippen molar-refractivity contribution in [1.29, 1.82) is 0 Å². The summed E-state index contributed by atoms with van der Waals surface area (Å²) in [4.78, 5) is 24.8. The summed E-state index contributed by atoms with van der Waals surface area (Å²) in [5, 5.41) is 12.0. The number of rotatable bonds is 5. The van der Waals surface area contributed by atoms with Gasteiger partial charge in [-0.3, -0.25) is 4.79 Å². The van der Waals surface area contributed by atoms with E-state index in [4.69, 9.17) is 9.84 Å². The molecule has 0 aromatic rings. The summed E-state index contributed by atoms with van der Waals surface area (Å²) in [6.45, 7) is 5.31. The van der Waals surface area contributed by atoms with E-state index in [2.05, 4.69) is 5.32 Å². The van der Waals surface area contributed by atoms with E-state index < -0.39 is 11.9 Å². The lowest BCUT2D eigenvalue weighted by Gasteiger charge is -2.35. The third-order valence-corrected chi connectivity index (χ3v) is 3.48. The normalized spacial score (nSPS) is 24.9. The number of aliphatic carboxylic acids is 1. The molecule has 0 radical (unpaired) electrons. The van der Waals surface area contributed by atoms with Gasteiger partial charge >= 0.3 is 12.0 Å². The number of ether oxygens (including phenoxy) is 1. The zero-order valence-electron chi connectivity index (χ0n) is 11.9. The van der Waals surface area contributed by atoms with Crippen LogP contribution in [-0.4, -0.2) is 54.9 Å². The number of hydrogen-bond acceptors (Lipinski definition) is 3. The summed E-state index contributed by atoms with van der Waals surface area (Å²) < 4.78 is 5.04. The molecule has 1 saturated heterocycles. The monoisotopic (exact) mass is 272 g/mol. The molecule has 6 heteroatoms. The zero-order valence-corrected chi connectivity index (χ0v) is 11.9. The Morgan fingerprint density at radius 2 is 2.16 bits per heavy atom. The van der Waals surface area contributed by atoms with Crippen LogP contribution in [0, 0.1) is 11.8 Å². The van der Waals surface area contributed by atoms with Crippen LogP contribution in [0.15, 0.2) is 0 Å². The lowest BCUT2D eigenvalue weighted by atomic mass is 9.91. The van der Waals surface area contributed by atoms with Crippen LogP contribution < -0.4 is 5.32 Å². The second kappa shape index (κ2) is 7.33. The van der Waals surface area contributed by atoms with Gasteiger partial charge < -0.3 is 20.1 Å². The minimum Gasteiger partial charge on any atom is -0.481 e. The fraction of sp³-hybridized carbons (Fsp3) is 0.846. The van der Waals surface area contributed by atoms with E-state index in [9.17, 15) is 9.59 Å². The Hall–Kier alpha value is -1.30. The summed E-state index contributed by atoms with van der Waals surface area (Å²) in [7, 11) is 1.60. The van der Waals surface area contributed by atoms with Gasteiger partial charge in [-0.05, 0) is 18.8 Å². The van der Waals surface area contributed by atoms with Crippen LogP contribution in [0.2, 0.25) is 0 Å². The number of likely N-dealkylation sites (tertiary alicyclic amines) is 1. The largest absolute Gasteiger partial charge is 0.481 e. The number of carbonyl (C=O) groups excluding carboxylic acids is 1. The third-order valence-electron chi connectivity index (χ3n) is 3.48. The van der Waals surface area contributed by atoms with Crippen molar-refractivity contribution in [2.24, 2.45) is 11.8 Å². The van der Waals surface area contributed by atoms with Crippen molar-refractivity contribution in [3.05, 3.63) is 0 Å². The van der Waals surface area contributed by atoms with Gasteiger partial charge in [-0.2, -0.15) is 0 Å². The highest BCUT2D eigenvalue weighted by molar-refractivity contribution is 5.76. The number of hydrogen-bond donors (Lipinski definition) is 2. The number of carboxylic acids is 1. The van der Waals surface area contributed by atoms with E-state index in [0.717, 1.165) is 6.42 Å². The summed E-state index contributed by atoms with van der Waals surface area (Å²) in [5.41, 5.74) is 0. The highest BCUT2D eigenvalue weighted by atomic mass is 16.5. The molecule has 110 valence electrons. The summed E-state index contributed by atoms with van der Waals surface area (Å²) in [6, 6.07) is -0.222. The Morgan fingerprint density at radius 3 is 2.68 bits per heavy atom. The van der Waals surface area contributed by atoms with E-state index in [-0.39, 0.29) is 24.5 Å². The molecular formula is C13H24N2O4. The summed E-state index contributed by atoms with van der Waals surface area (Å²) in [6.07, 6.45) is 1.42. The smallest absolute Gasteiger partial charge is 0.317 e. The Morgan fingerprint density at radius 1 is 1.47 bits per heavy atom. The van der Waals surface area contributed by atoms with Crippen LogP contribution in [-0.2, 0) is 9.53 Å². The fourth-order valence-electron chi connectivity index (χ4n) is 2.42. The number of nitrogens with one attached hydrogen (secondary N) is 1. The molecule has 1 heterocycles. The van der Waals surface area contributed by atoms with Crippen LogP contribution in [0.25, 0.3) is 0 Å².